The zero-order valence-corrected chi connectivity index (χ0v) is 11.5. The van der Waals surface area contributed by atoms with Gasteiger partial charge in [-0.15, -0.1) is 0 Å². The van der Waals surface area contributed by atoms with Crippen LogP contribution in [0.1, 0.15) is 21.5 Å². The third-order valence-electron chi connectivity index (χ3n) is 3.33. The molecule has 0 unspecified atom stereocenters. The highest BCUT2D eigenvalue weighted by molar-refractivity contribution is 6.31. The number of carbonyl (C=O) groups is 1. The maximum absolute atomic E-state index is 13.9. The molecule has 0 radical (unpaired) electrons. The van der Waals surface area contributed by atoms with Gasteiger partial charge in [0.15, 0.2) is 5.78 Å². The minimum Gasteiger partial charge on any atom is -0.360 e. The Bertz CT molecular complexity index is 822. The molecule has 1 aromatic heterocycles. The standard InChI is InChI=1S/C16H11ClFNO/c1-9-7-10(17)5-6-11(9)16(20)12-8-19-14-4-2-3-13(18)15(12)14/h2-8,19H,1H3. The number of rotatable bonds is 2. The Morgan fingerprint density at radius 3 is 2.75 bits per heavy atom. The van der Waals surface area contributed by atoms with E-state index in [2.05, 4.69) is 4.98 Å². The predicted molar refractivity (Wildman–Crippen MR) is 77.9 cm³/mol. The van der Waals surface area contributed by atoms with Gasteiger partial charge < -0.3 is 4.98 Å². The van der Waals surface area contributed by atoms with Crippen LogP contribution < -0.4 is 0 Å². The van der Waals surface area contributed by atoms with Gasteiger partial charge in [-0.2, -0.15) is 0 Å². The summed E-state index contributed by atoms with van der Waals surface area (Å²) in [6, 6.07) is 9.74. The second-order valence-corrected chi connectivity index (χ2v) is 5.09. The minimum atomic E-state index is -0.404. The van der Waals surface area contributed by atoms with Crippen LogP contribution in [0.5, 0.6) is 0 Å². The number of H-pyrrole nitrogens is 1. The second kappa shape index (κ2) is 4.76. The summed E-state index contributed by atoms with van der Waals surface area (Å²) in [7, 11) is 0. The van der Waals surface area contributed by atoms with Gasteiger partial charge in [-0.25, -0.2) is 4.39 Å². The van der Waals surface area contributed by atoms with Crippen LogP contribution in [-0.2, 0) is 0 Å². The van der Waals surface area contributed by atoms with Crippen molar-refractivity contribution < 1.29 is 9.18 Å². The van der Waals surface area contributed by atoms with Gasteiger partial charge >= 0.3 is 0 Å². The van der Waals surface area contributed by atoms with E-state index in [1.807, 2.05) is 6.92 Å². The zero-order valence-electron chi connectivity index (χ0n) is 10.7. The van der Waals surface area contributed by atoms with Crippen molar-refractivity contribution in [2.75, 3.05) is 0 Å². The van der Waals surface area contributed by atoms with E-state index in [9.17, 15) is 9.18 Å². The molecule has 0 aliphatic heterocycles. The average Bonchev–Trinajstić information content (AvgIpc) is 2.83. The van der Waals surface area contributed by atoms with Gasteiger partial charge in [0.2, 0.25) is 0 Å². The number of fused-ring (bicyclic) bond motifs is 1. The molecule has 0 aliphatic rings. The molecule has 0 fully saturated rings. The number of aromatic nitrogens is 1. The number of benzene rings is 2. The van der Waals surface area contributed by atoms with Crippen molar-refractivity contribution in [3.63, 3.8) is 0 Å². The number of hydrogen-bond donors (Lipinski definition) is 1. The summed E-state index contributed by atoms with van der Waals surface area (Å²) in [5.74, 6) is -0.616. The van der Waals surface area contributed by atoms with Crippen LogP contribution in [0.15, 0.2) is 42.6 Å². The van der Waals surface area contributed by atoms with Crippen molar-refractivity contribution in [2.45, 2.75) is 6.92 Å². The third-order valence-corrected chi connectivity index (χ3v) is 3.57. The molecule has 3 aromatic rings. The number of nitrogens with one attached hydrogen (secondary N) is 1. The highest BCUT2D eigenvalue weighted by Crippen LogP contribution is 2.25. The van der Waals surface area contributed by atoms with Crippen LogP contribution in [0.2, 0.25) is 5.02 Å². The van der Waals surface area contributed by atoms with Crippen LogP contribution in [-0.4, -0.2) is 10.8 Å². The molecule has 4 heteroatoms. The number of ketones is 1. The lowest BCUT2D eigenvalue weighted by Crippen LogP contribution is -2.03. The Labute approximate surface area is 120 Å². The van der Waals surface area contributed by atoms with Gasteiger partial charge in [-0.05, 0) is 42.8 Å². The predicted octanol–water partition coefficient (Wildman–Crippen LogP) is 4.50. The summed E-state index contributed by atoms with van der Waals surface area (Å²) in [6.45, 7) is 1.81. The van der Waals surface area contributed by atoms with Crippen molar-refractivity contribution in [3.05, 3.63) is 70.1 Å². The first kappa shape index (κ1) is 12.9. The number of aryl methyl sites for hydroxylation is 1. The molecule has 3 rings (SSSR count). The van der Waals surface area contributed by atoms with E-state index < -0.39 is 5.82 Å². The van der Waals surface area contributed by atoms with Crippen molar-refractivity contribution in [3.8, 4) is 0 Å². The van der Waals surface area contributed by atoms with E-state index in [0.29, 0.717) is 27.1 Å². The molecule has 100 valence electrons. The van der Waals surface area contributed by atoms with Crippen molar-refractivity contribution in [1.82, 2.24) is 4.98 Å². The van der Waals surface area contributed by atoms with Crippen molar-refractivity contribution in [2.24, 2.45) is 0 Å². The molecular weight excluding hydrogens is 277 g/mol. The number of halogens is 2. The third kappa shape index (κ3) is 2.00. The monoisotopic (exact) mass is 287 g/mol. The normalized spacial score (nSPS) is 10.9. The van der Waals surface area contributed by atoms with Gasteiger partial charge in [0.1, 0.15) is 5.82 Å². The van der Waals surface area contributed by atoms with Crippen molar-refractivity contribution in [1.29, 1.82) is 0 Å². The summed E-state index contributed by atoms with van der Waals surface area (Å²) >= 11 is 5.89. The Balaban J connectivity index is 2.18. The summed E-state index contributed by atoms with van der Waals surface area (Å²) < 4.78 is 13.9. The number of aromatic amines is 1. The maximum Gasteiger partial charge on any atom is 0.195 e. The van der Waals surface area contributed by atoms with Gasteiger partial charge in [0.25, 0.3) is 0 Å². The summed E-state index contributed by atoms with van der Waals surface area (Å²) in [5.41, 5.74) is 2.25. The van der Waals surface area contributed by atoms with E-state index in [-0.39, 0.29) is 5.78 Å². The van der Waals surface area contributed by atoms with E-state index in [0.717, 1.165) is 5.56 Å². The Morgan fingerprint density at radius 2 is 2.00 bits per heavy atom. The molecule has 2 aromatic carbocycles. The summed E-state index contributed by atoms with van der Waals surface area (Å²) in [4.78, 5) is 15.5. The molecule has 0 bridgehead atoms. The van der Waals surface area contributed by atoms with Gasteiger partial charge in [-0.1, -0.05) is 17.7 Å². The molecule has 0 atom stereocenters. The second-order valence-electron chi connectivity index (χ2n) is 4.65. The maximum atomic E-state index is 13.9. The fraction of sp³-hybridized carbons (Fsp3) is 0.0625. The molecule has 20 heavy (non-hydrogen) atoms. The smallest absolute Gasteiger partial charge is 0.195 e. The Hall–Kier alpha value is -2.13. The SMILES string of the molecule is Cc1cc(Cl)ccc1C(=O)c1c[nH]c2cccc(F)c12. The van der Waals surface area contributed by atoms with Crippen molar-refractivity contribution >= 4 is 28.3 Å². The zero-order chi connectivity index (χ0) is 14.3. The Morgan fingerprint density at radius 1 is 1.20 bits per heavy atom. The molecule has 0 amide bonds. The average molecular weight is 288 g/mol. The van der Waals surface area contributed by atoms with E-state index in [1.165, 1.54) is 6.07 Å². The lowest BCUT2D eigenvalue weighted by Gasteiger charge is -2.05. The Kier molecular flexibility index (Phi) is 3.07. The van der Waals surface area contributed by atoms with E-state index >= 15 is 0 Å². The highest BCUT2D eigenvalue weighted by atomic mass is 35.5. The van der Waals surface area contributed by atoms with Crippen LogP contribution in [0.4, 0.5) is 4.39 Å². The molecule has 0 saturated carbocycles. The molecule has 0 spiro atoms. The first-order valence-corrected chi connectivity index (χ1v) is 6.52. The van der Waals surface area contributed by atoms with Gasteiger partial charge in [0, 0.05) is 27.7 Å². The first-order valence-electron chi connectivity index (χ1n) is 6.14. The largest absolute Gasteiger partial charge is 0.360 e. The fourth-order valence-corrected chi connectivity index (χ4v) is 2.57. The molecule has 0 saturated heterocycles. The molecule has 1 heterocycles. The minimum absolute atomic E-state index is 0.212. The van der Waals surface area contributed by atoms with Gasteiger partial charge in [-0.3, -0.25) is 4.79 Å². The summed E-state index contributed by atoms with van der Waals surface area (Å²) in [6.07, 6.45) is 1.55. The molecular formula is C16H11ClFNO. The number of hydrogen-bond acceptors (Lipinski definition) is 1. The van der Waals surface area contributed by atoms with E-state index in [1.54, 1.807) is 36.5 Å². The quantitative estimate of drug-likeness (QED) is 0.692. The van der Waals surface area contributed by atoms with Crippen LogP contribution >= 0.6 is 11.6 Å². The molecule has 2 nitrogen and oxygen atoms in total. The van der Waals surface area contributed by atoms with E-state index in [4.69, 9.17) is 11.6 Å². The van der Waals surface area contributed by atoms with Crippen LogP contribution in [0, 0.1) is 12.7 Å². The van der Waals surface area contributed by atoms with Crippen LogP contribution in [0.25, 0.3) is 10.9 Å². The topological polar surface area (TPSA) is 32.9 Å². The van der Waals surface area contributed by atoms with Gasteiger partial charge in [0.05, 0.1) is 5.56 Å². The molecule has 0 aliphatic carbocycles. The highest BCUT2D eigenvalue weighted by Gasteiger charge is 2.18. The summed E-state index contributed by atoms with van der Waals surface area (Å²) in [5, 5.41) is 0.899. The molecule has 1 N–H and O–H groups in total. The fourth-order valence-electron chi connectivity index (χ4n) is 2.35. The lowest BCUT2D eigenvalue weighted by atomic mass is 9.98. The number of carbonyl (C=O) groups excluding carboxylic acids is 1. The first-order chi connectivity index (χ1) is 9.58. The van der Waals surface area contributed by atoms with Crippen LogP contribution in [0.3, 0.4) is 0 Å². The lowest BCUT2D eigenvalue weighted by molar-refractivity contribution is 0.103.